The van der Waals surface area contributed by atoms with Crippen molar-refractivity contribution in [2.75, 3.05) is 13.2 Å². The Morgan fingerprint density at radius 3 is 1.94 bits per heavy atom. The van der Waals surface area contributed by atoms with E-state index in [-0.39, 0.29) is 23.8 Å². The maximum atomic E-state index is 13.3. The van der Waals surface area contributed by atoms with Crippen LogP contribution in [0.2, 0.25) is 0 Å². The smallest absolute Gasteiger partial charge is 0.410 e. The summed E-state index contributed by atoms with van der Waals surface area (Å²) in [6.45, 7) is -1.94. The average Bonchev–Trinajstić information content (AvgIpc) is 3.13. The summed E-state index contributed by atoms with van der Waals surface area (Å²) in [4.78, 5) is 25.0. The quantitative estimate of drug-likeness (QED) is 0.497. The van der Waals surface area contributed by atoms with Gasteiger partial charge in [0, 0.05) is 12.3 Å². The van der Waals surface area contributed by atoms with Gasteiger partial charge in [0.05, 0.1) is 0 Å². The van der Waals surface area contributed by atoms with E-state index >= 15 is 0 Å². The van der Waals surface area contributed by atoms with Gasteiger partial charge in [-0.25, -0.2) is 9.59 Å². The number of halogens is 3. The van der Waals surface area contributed by atoms with Gasteiger partial charge in [0.2, 0.25) is 0 Å². The van der Waals surface area contributed by atoms with E-state index in [1.165, 1.54) is 0 Å². The number of fused-ring (bicyclic) bond motifs is 3. The lowest BCUT2D eigenvalue weighted by Crippen LogP contribution is -2.50. The second-order valence-electron chi connectivity index (χ2n) is 8.09. The molecule has 0 bridgehead atoms. The summed E-state index contributed by atoms with van der Waals surface area (Å²) in [5.41, 5.74) is 4.24. The van der Waals surface area contributed by atoms with E-state index in [2.05, 4.69) is 0 Å². The second kappa shape index (κ2) is 9.59. The highest BCUT2D eigenvalue weighted by atomic mass is 19.4. The van der Waals surface area contributed by atoms with E-state index in [9.17, 15) is 27.9 Å². The van der Waals surface area contributed by atoms with E-state index in [0.29, 0.717) is 5.56 Å². The maximum Gasteiger partial charge on any atom is 0.410 e. The molecule has 1 amide bonds. The minimum Gasteiger partial charge on any atom is -0.480 e. The number of carbonyl (C=O) groups is 2. The van der Waals surface area contributed by atoms with Crippen molar-refractivity contribution in [3.63, 3.8) is 0 Å². The Labute approximate surface area is 194 Å². The first-order chi connectivity index (χ1) is 16.2. The Morgan fingerprint density at radius 2 is 1.41 bits per heavy atom. The first kappa shape index (κ1) is 23.4. The Balaban J connectivity index is 1.57. The van der Waals surface area contributed by atoms with Crippen LogP contribution in [0.3, 0.4) is 0 Å². The largest absolute Gasteiger partial charge is 0.480 e. The molecule has 0 spiro atoms. The van der Waals surface area contributed by atoms with Crippen LogP contribution in [0.1, 0.15) is 22.6 Å². The zero-order chi connectivity index (χ0) is 24.3. The van der Waals surface area contributed by atoms with Gasteiger partial charge in [-0.05, 0) is 27.8 Å². The fourth-order valence-corrected chi connectivity index (χ4v) is 4.34. The number of hydrogen-bond donors (Lipinski definition) is 1. The first-order valence-corrected chi connectivity index (χ1v) is 10.7. The van der Waals surface area contributed by atoms with Gasteiger partial charge in [0.25, 0.3) is 0 Å². The van der Waals surface area contributed by atoms with E-state index in [4.69, 9.17) is 4.74 Å². The predicted molar refractivity (Wildman–Crippen MR) is 119 cm³/mol. The second-order valence-corrected chi connectivity index (χ2v) is 8.09. The van der Waals surface area contributed by atoms with Gasteiger partial charge in [-0.3, -0.25) is 4.90 Å². The van der Waals surface area contributed by atoms with E-state index in [0.717, 1.165) is 22.3 Å². The highest BCUT2D eigenvalue weighted by molar-refractivity contribution is 5.81. The molecule has 0 saturated carbocycles. The molecule has 8 heteroatoms. The van der Waals surface area contributed by atoms with Gasteiger partial charge < -0.3 is 9.84 Å². The predicted octanol–water partition coefficient (Wildman–Crippen LogP) is 5.50. The van der Waals surface area contributed by atoms with Crippen molar-refractivity contribution in [2.24, 2.45) is 0 Å². The normalized spacial score (nSPS) is 13.6. The fourth-order valence-electron chi connectivity index (χ4n) is 4.34. The zero-order valence-electron chi connectivity index (χ0n) is 18.0. The van der Waals surface area contributed by atoms with Crippen molar-refractivity contribution >= 4 is 12.1 Å². The number of amides is 1. The van der Waals surface area contributed by atoms with Gasteiger partial charge in [-0.15, -0.1) is 0 Å². The number of carboxylic acid groups (broad SMARTS) is 1. The van der Waals surface area contributed by atoms with Gasteiger partial charge in [0.1, 0.15) is 19.2 Å². The van der Waals surface area contributed by atoms with Crippen LogP contribution in [0.4, 0.5) is 18.0 Å². The molecule has 1 N–H and O–H groups in total. The van der Waals surface area contributed by atoms with Crippen molar-refractivity contribution < 1.29 is 32.6 Å². The summed E-state index contributed by atoms with van der Waals surface area (Å²) in [7, 11) is 0. The van der Waals surface area contributed by atoms with Crippen LogP contribution >= 0.6 is 0 Å². The number of benzene rings is 3. The van der Waals surface area contributed by atoms with Crippen LogP contribution in [0.25, 0.3) is 11.1 Å². The lowest BCUT2D eigenvalue weighted by Gasteiger charge is -2.29. The molecule has 1 aliphatic rings. The summed E-state index contributed by atoms with van der Waals surface area (Å²) in [6.07, 6.45) is -6.39. The molecule has 0 radical (unpaired) electrons. The standard InChI is InChI=1S/C26H22F3NO4/c27-26(28,29)16-30(23(24(31)32)14-17-8-2-1-3-9-17)25(33)34-15-22-20-12-6-4-10-18(20)19-11-5-7-13-21(19)22/h1-13,22-23H,14-16H2,(H,31,32)/t23-/m0/s1. The van der Waals surface area contributed by atoms with Gasteiger partial charge in [0.15, 0.2) is 0 Å². The van der Waals surface area contributed by atoms with E-state index < -0.39 is 30.8 Å². The summed E-state index contributed by atoms with van der Waals surface area (Å²) in [6, 6.07) is 21.6. The molecule has 0 unspecified atom stereocenters. The number of carbonyl (C=O) groups excluding carboxylic acids is 1. The van der Waals surface area contributed by atoms with Crippen LogP contribution in [0.15, 0.2) is 78.9 Å². The van der Waals surface area contributed by atoms with Crippen molar-refractivity contribution in [3.8, 4) is 11.1 Å². The fraction of sp³-hybridized carbons (Fsp3) is 0.231. The maximum absolute atomic E-state index is 13.3. The Kier molecular flexibility index (Phi) is 6.58. The zero-order valence-corrected chi connectivity index (χ0v) is 18.0. The number of alkyl halides is 3. The van der Waals surface area contributed by atoms with Gasteiger partial charge in [-0.1, -0.05) is 78.9 Å². The van der Waals surface area contributed by atoms with Crippen LogP contribution in [-0.4, -0.2) is 47.4 Å². The Hall–Kier alpha value is -3.81. The van der Waals surface area contributed by atoms with Crippen molar-refractivity contribution in [2.45, 2.75) is 24.6 Å². The van der Waals surface area contributed by atoms with Crippen LogP contribution in [-0.2, 0) is 16.0 Å². The highest BCUT2D eigenvalue weighted by Gasteiger charge is 2.41. The molecule has 4 rings (SSSR count). The van der Waals surface area contributed by atoms with Crippen LogP contribution in [0, 0.1) is 0 Å². The number of rotatable bonds is 7. The van der Waals surface area contributed by atoms with E-state index in [1.807, 2.05) is 48.5 Å². The molecule has 34 heavy (non-hydrogen) atoms. The Bertz CT molecular complexity index is 1130. The van der Waals surface area contributed by atoms with Crippen molar-refractivity contribution in [1.82, 2.24) is 4.90 Å². The lowest BCUT2D eigenvalue weighted by atomic mass is 9.98. The van der Waals surface area contributed by atoms with E-state index in [1.54, 1.807) is 30.3 Å². The van der Waals surface area contributed by atoms with Crippen molar-refractivity contribution in [3.05, 3.63) is 95.6 Å². The third-order valence-electron chi connectivity index (χ3n) is 5.85. The number of hydrogen-bond acceptors (Lipinski definition) is 3. The van der Waals surface area contributed by atoms with Crippen LogP contribution < -0.4 is 0 Å². The molecular weight excluding hydrogens is 447 g/mol. The monoisotopic (exact) mass is 469 g/mol. The summed E-state index contributed by atoms with van der Waals surface area (Å²) >= 11 is 0. The minimum atomic E-state index is -4.80. The first-order valence-electron chi connectivity index (χ1n) is 10.7. The van der Waals surface area contributed by atoms with Gasteiger partial charge in [-0.2, -0.15) is 13.2 Å². The molecule has 3 aromatic carbocycles. The molecule has 0 aromatic heterocycles. The summed E-state index contributed by atoms with van der Waals surface area (Å²) < 4.78 is 45.3. The lowest BCUT2D eigenvalue weighted by molar-refractivity contribution is -0.158. The Morgan fingerprint density at radius 1 is 0.882 bits per heavy atom. The molecule has 3 aromatic rings. The summed E-state index contributed by atoms with van der Waals surface area (Å²) in [5.74, 6) is -1.90. The average molecular weight is 469 g/mol. The number of aliphatic carboxylic acids is 1. The highest BCUT2D eigenvalue weighted by Crippen LogP contribution is 2.44. The number of nitrogens with zero attached hydrogens (tertiary/aromatic N) is 1. The molecule has 0 heterocycles. The number of ether oxygens (including phenoxy) is 1. The molecule has 5 nitrogen and oxygen atoms in total. The molecule has 0 aliphatic heterocycles. The summed E-state index contributed by atoms with van der Waals surface area (Å²) in [5, 5.41) is 9.67. The molecule has 1 aliphatic carbocycles. The van der Waals surface area contributed by atoms with Crippen LogP contribution in [0.5, 0.6) is 0 Å². The molecule has 0 fully saturated rings. The number of carboxylic acids is 1. The molecule has 0 saturated heterocycles. The van der Waals surface area contributed by atoms with Gasteiger partial charge >= 0.3 is 18.2 Å². The third-order valence-corrected chi connectivity index (χ3v) is 5.85. The third kappa shape index (κ3) is 5.06. The minimum absolute atomic E-state index is 0.209. The topological polar surface area (TPSA) is 66.8 Å². The molecule has 1 atom stereocenters. The van der Waals surface area contributed by atoms with Crippen molar-refractivity contribution in [1.29, 1.82) is 0 Å². The molecule has 176 valence electrons. The SMILES string of the molecule is O=C(O)[C@H](Cc1ccccc1)N(CC(F)(F)F)C(=O)OCC1c2ccccc2-c2ccccc21. The molecular formula is C26H22F3NO4.